The molecule has 0 aromatic rings. The van der Waals surface area contributed by atoms with Crippen LogP contribution in [0.15, 0.2) is 0 Å². The summed E-state index contributed by atoms with van der Waals surface area (Å²) in [6, 6.07) is 0. The number of alkyl halides is 5. The smallest absolute Gasteiger partial charge is 0.432 e. The van der Waals surface area contributed by atoms with Gasteiger partial charge in [0.15, 0.2) is 5.41 Å². The molecule has 1 rings (SSSR count). The third-order valence-electron chi connectivity index (χ3n) is 3.68. The predicted octanol–water partition coefficient (Wildman–Crippen LogP) is 1.98. The highest BCUT2D eigenvalue weighted by atomic mass is 32.2. The van der Waals surface area contributed by atoms with Gasteiger partial charge in [0.25, 0.3) is 6.10 Å². The second kappa shape index (κ2) is 6.43. The number of hydrogen-bond donors (Lipinski definition) is 2. The van der Waals surface area contributed by atoms with Crippen LogP contribution in [-0.2, 0) is 24.4 Å². The number of carboxylic acid groups (broad SMARTS) is 1. The first-order valence-corrected chi connectivity index (χ1v) is 7.96. The number of rotatable bonds is 5. The van der Waals surface area contributed by atoms with E-state index in [9.17, 15) is 40.0 Å². The lowest BCUT2D eigenvalue weighted by Gasteiger charge is -2.33. The molecule has 1 unspecified atom stereocenters. The Morgan fingerprint density at radius 1 is 1.04 bits per heavy atom. The fourth-order valence-electron chi connectivity index (χ4n) is 2.34. The largest absolute Gasteiger partial charge is 0.480 e. The minimum Gasteiger partial charge on any atom is -0.480 e. The lowest BCUT2D eigenvalue weighted by Crippen LogP contribution is -2.55. The van der Waals surface area contributed by atoms with E-state index in [2.05, 4.69) is 4.74 Å². The Morgan fingerprint density at radius 3 is 1.83 bits per heavy atom. The minimum absolute atomic E-state index is 0.132. The second-order valence-corrected chi connectivity index (χ2v) is 6.81. The summed E-state index contributed by atoms with van der Waals surface area (Å²) in [6.45, 7) is 0. The first kappa shape index (κ1) is 20.5. The van der Waals surface area contributed by atoms with Crippen LogP contribution in [0.2, 0.25) is 0 Å². The molecule has 0 heterocycles. The molecule has 0 amide bonds. The first-order valence-electron chi connectivity index (χ1n) is 6.52. The van der Waals surface area contributed by atoms with Crippen LogP contribution in [0.5, 0.6) is 0 Å². The maximum atomic E-state index is 13.4. The van der Waals surface area contributed by atoms with Gasteiger partial charge in [-0.3, -0.25) is 14.1 Å². The molecule has 1 atom stereocenters. The average Bonchev–Trinajstić information content (AvgIpc) is 2.42. The van der Waals surface area contributed by atoms with E-state index in [0.717, 1.165) is 0 Å². The topological polar surface area (TPSA) is 118 Å². The third kappa shape index (κ3) is 3.77. The van der Waals surface area contributed by atoms with E-state index in [0.29, 0.717) is 6.42 Å². The van der Waals surface area contributed by atoms with Crippen LogP contribution in [0.1, 0.15) is 32.1 Å². The summed E-state index contributed by atoms with van der Waals surface area (Å²) in [4.78, 5) is 23.1. The van der Waals surface area contributed by atoms with Crippen molar-refractivity contribution in [2.45, 2.75) is 49.6 Å². The minimum atomic E-state index is -6.58. The highest BCUT2D eigenvalue weighted by Crippen LogP contribution is 2.42. The normalized spacial score (nSPS) is 20.2. The number of halogens is 5. The molecule has 13 heteroatoms. The lowest BCUT2D eigenvalue weighted by atomic mass is 9.74. The SMILES string of the molecule is O=C(O)C1(C(=O)OC(C(F)(F)F)C(F)(F)S(=O)(=O)O)CCCCC1. The molecule has 140 valence electrons. The zero-order valence-corrected chi connectivity index (χ0v) is 12.7. The Morgan fingerprint density at radius 2 is 1.50 bits per heavy atom. The molecule has 1 aliphatic rings. The van der Waals surface area contributed by atoms with Gasteiger partial charge in [-0.05, 0) is 12.8 Å². The van der Waals surface area contributed by atoms with Crippen LogP contribution in [0.4, 0.5) is 22.0 Å². The van der Waals surface area contributed by atoms with E-state index in [4.69, 9.17) is 9.66 Å². The van der Waals surface area contributed by atoms with Crippen LogP contribution in [0, 0.1) is 5.41 Å². The number of hydrogen-bond acceptors (Lipinski definition) is 5. The molecule has 0 radical (unpaired) electrons. The highest BCUT2D eigenvalue weighted by Gasteiger charge is 2.67. The fraction of sp³-hybridized carbons (Fsp3) is 0.818. The molecule has 0 aromatic heterocycles. The summed E-state index contributed by atoms with van der Waals surface area (Å²) < 4.78 is 97.8. The summed E-state index contributed by atoms with van der Waals surface area (Å²) >= 11 is 0. The molecule has 7 nitrogen and oxygen atoms in total. The van der Waals surface area contributed by atoms with Crippen LogP contribution >= 0.6 is 0 Å². The van der Waals surface area contributed by atoms with E-state index >= 15 is 0 Å². The van der Waals surface area contributed by atoms with Gasteiger partial charge in [-0.1, -0.05) is 19.3 Å². The van der Waals surface area contributed by atoms with E-state index in [1.807, 2.05) is 0 Å². The maximum Gasteiger partial charge on any atom is 0.432 e. The molecular weight excluding hydrogens is 371 g/mol. The van der Waals surface area contributed by atoms with Crippen LogP contribution < -0.4 is 0 Å². The van der Waals surface area contributed by atoms with Crippen molar-refractivity contribution in [3.8, 4) is 0 Å². The molecule has 1 fully saturated rings. The summed E-state index contributed by atoms with van der Waals surface area (Å²) in [5.74, 6) is -3.98. The van der Waals surface area contributed by atoms with Crippen LogP contribution in [-0.4, -0.2) is 47.6 Å². The van der Waals surface area contributed by atoms with Gasteiger partial charge >= 0.3 is 33.5 Å². The maximum absolute atomic E-state index is 13.4. The lowest BCUT2D eigenvalue weighted by molar-refractivity contribution is -0.263. The van der Waals surface area contributed by atoms with Crippen molar-refractivity contribution in [1.82, 2.24) is 0 Å². The van der Waals surface area contributed by atoms with Crippen LogP contribution in [0.25, 0.3) is 0 Å². The van der Waals surface area contributed by atoms with Crippen molar-refractivity contribution in [3.05, 3.63) is 0 Å². The zero-order chi connectivity index (χ0) is 19.0. The van der Waals surface area contributed by atoms with Gasteiger partial charge in [0.2, 0.25) is 0 Å². The van der Waals surface area contributed by atoms with E-state index < -0.39 is 57.8 Å². The van der Waals surface area contributed by atoms with Gasteiger partial charge in [0.05, 0.1) is 0 Å². The van der Waals surface area contributed by atoms with Gasteiger partial charge in [-0.25, -0.2) is 0 Å². The number of esters is 1. The Labute approximate surface area is 132 Å². The van der Waals surface area contributed by atoms with E-state index in [1.54, 1.807) is 0 Å². The van der Waals surface area contributed by atoms with Crippen LogP contribution in [0.3, 0.4) is 0 Å². The molecule has 2 N–H and O–H groups in total. The molecule has 0 aromatic carbocycles. The van der Waals surface area contributed by atoms with Gasteiger partial charge < -0.3 is 9.84 Å². The molecule has 24 heavy (non-hydrogen) atoms. The Kier molecular flexibility index (Phi) is 5.50. The van der Waals surface area contributed by atoms with E-state index in [-0.39, 0.29) is 12.8 Å². The first-order chi connectivity index (χ1) is 10.7. The quantitative estimate of drug-likeness (QED) is 0.322. The number of carbonyl (C=O) groups is 2. The van der Waals surface area contributed by atoms with Crippen molar-refractivity contribution >= 4 is 22.1 Å². The molecule has 1 aliphatic carbocycles. The average molecular weight is 384 g/mol. The zero-order valence-electron chi connectivity index (χ0n) is 11.8. The van der Waals surface area contributed by atoms with Crippen molar-refractivity contribution in [3.63, 3.8) is 0 Å². The number of aliphatic carboxylic acids is 1. The van der Waals surface area contributed by atoms with Crippen molar-refractivity contribution < 1.29 is 54.4 Å². The predicted molar refractivity (Wildman–Crippen MR) is 65.6 cm³/mol. The molecular formula is C11H13F5O7S. The number of ether oxygens (including phenoxy) is 1. The summed E-state index contributed by atoms with van der Waals surface area (Å²) in [7, 11) is -6.58. The number of carboxylic acids is 1. The Balaban J connectivity index is 3.24. The van der Waals surface area contributed by atoms with Gasteiger partial charge in [0, 0.05) is 0 Å². The van der Waals surface area contributed by atoms with Gasteiger partial charge in [-0.2, -0.15) is 30.4 Å². The molecule has 0 bridgehead atoms. The van der Waals surface area contributed by atoms with Gasteiger partial charge in [-0.15, -0.1) is 0 Å². The third-order valence-corrected chi connectivity index (χ3v) is 4.58. The monoisotopic (exact) mass is 384 g/mol. The number of carbonyl (C=O) groups excluding carboxylic acids is 1. The molecule has 0 saturated heterocycles. The van der Waals surface area contributed by atoms with E-state index in [1.165, 1.54) is 0 Å². The summed E-state index contributed by atoms with van der Waals surface area (Å²) in [5.41, 5.74) is -2.48. The Bertz CT molecular complexity index is 607. The summed E-state index contributed by atoms with van der Waals surface area (Å²) in [5, 5.41) is 3.21. The highest BCUT2D eigenvalue weighted by molar-refractivity contribution is 7.86. The van der Waals surface area contributed by atoms with Crippen molar-refractivity contribution in [2.24, 2.45) is 5.41 Å². The van der Waals surface area contributed by atoms with Gasteiger partial charge in [0.1, 0.15) is 0 Å². The standard InChI is InChI=1S/C11H13F5O7S/c12-10(13,14)6(11(15,16)24(20,21)22)23-8(19)9(7(17)18)4-2-1-3-5-9/h6H,1-5H2,(H,17,18)(H,20,21,22). The van der Waals surface area contributed by atoms with Crippen molar-refractivity contribution in [2.75, 3.05) is 0 Å². The molecule has 0 spiro atoms. The van der Waals surface area contributed by atoms with Crippen molar-refractivity contribution in [1.29, 1.82) is 0 Å². The molecule has 1 saturated carbocycles. The molecule has 0 aliphatic heterocycles. The summed E-state index contributed by atoms with van der Waals surface area (Å²) in [6.07, 6.45) is -10.7. The fourth-order valence-corrected chi connectivity index (χ4v) is 2.79. The second-order valence-electron chi connectivity index (χ2n) is 5.31. The Hall–Kier alpha value is -1.50.